The maximum Gasteiger partial charge on any atom is 0.140 e. The van der Waals surface area contributed by atoms with Gasteiger partial charge in [0.1, 0.15) is 11.6 Å². The van der Waals surface area contributed by atoms with E-state index in [9.17, 15) is 0 Å². The maximum absolute atomic E-state index is 5.35. The summed E-state index contributed by atoms with van der Waals surface area (Å²) in [6.45, 7) is 6.45. The predicted molar refractivity (Wildman–Crippen MR) is 109 cm³/mol. The lowest BCUT2D eigenvalue weighted by Gasteiger charge is -2.18. The first-order chi connectivity index (χ1) is 13.2. The molecular formula is C23H27N3O. The summed E-state index contributed by atoms with van der Waals surface area (Å²) in [6.07, 6.45) is 3.22. The minimum atomic E-state index is 0.658. The van der Waals surface area contributed by atoms with Crippen LogP contribution in [-0.4, -0.2) is 34.7 Å². The van der Waals surface area contributed by atoms with E-state index in [0.29, 0.717) is 5.92 Å². The molecule has 0 radical (unpaired) electrons. The van der Waals surface area contributed by atoms with Crippen LogP contribution in [0.25, 0.3) is 11.4 Å². The first-order valence-corrected chi connectivity index (χ1v) is 9.66. The third kappa shape index (κ3) is 4.06. The van der Waals surface area contributed by atoms with E-state index in [1.165, 1.54) is 23.2 Å². The molecule has 1 aliphatic heterocycles. The molecule has 1 unspecified atom stereocenters. The Balaban J connectivity index is 1.42. The molecule has 0 spiro atoms. The minimum absolute atomic E-state index is 0.658. The van der Waals surface area contributed by atoms with Gasteiger partial charge in [-0.3, -0.25) is 4.90 Å². The average molecular weight is 361 g/mol. The molecule has 2 aromatic carbocycles. The molecule has 1 fully saturated rings. The Bertz CT molecular complexity index is 888. The summed E-state index contributed by atoms with van der Waals surface area (Å²) in [6, 6.07) is 18.9. The number of ether oxygens (including phenoxy) is 1. The Morgan fingerprint density at radius 2 is 1.96 bits per heavy atom. The summed E-state index contributed by atoms with van der Waals surface area (Å²) in [5.41, 5.74) is 3.75. The quantitative estimate of drug-likeness (QED) is 0.652. The van der Waals surface area contributed by atoms with E-state index in [4.69, 9.17) is 4.74 Å². The van der Waals surface area contributed by atoms with Crippen LogP contribution >= 0.6 is 0 Å². The zero-order valence-electron chi connectivity index (χ0n) is 16.1. The van der Waals surface area contributed by atoms with Crippen LogP contribution in [0.4, 0.5) is 0 Å². The predicted octanol–water partition coefficient (Wildman–Crippen LogP) is 4.39. The Kier molecular flexibility index (Phi) is 5.26. The number of benzene rings is 2. The molecule has 1 saturated heterocycles. The molecule has 0 saturated carbocycles. The van der Waals surface area contributed by atoms with Crippen LogP contribution in [0.3, 0.4) is 0 Å². The lowest BCUT2D eigenvalue weighted by molar-refractivity contribution is 0.308. The first kappa shape index (κ1) is 17.8. The van der Waals surface area contributed by atoms with Crippen LogP contribution in [0.5, 0.6) is 5.75 Å². The summed E-state index contributed by atoms with van der Waals surface area (Å²) >= 11 is 0. The van der Waals surface area contributed by atoms with Crippen molar-refractivity contribution in [3.05, 3.63) is 72.1 Å². The number of hydrogen-bond donors (Lipinski definition) is 0. The number of likely N-dealkylation sites (tertiary alicyclic amines) is 1. The van der Waals surface area contributed by atoms with Gasteiger partial charge in [-0.25, -0.2) is 4.98 Å². The smallest absolute Gasteiger partial charge is 0.140 e. The number of aryl methyl sites for hydroxylation is 1. The summed E-state index contributed by atoms with van der Waals surface area (Å²) in [4.78, 5) is 7.22. The van der Waals surface area contributed by atoms with Crippen molar-refractivity contribution in [2.24, 2.45) is 5.92 Å². The topological polar surface area (TPSA) is 30.3 Å². The number of methoxy groups -OCH3 is 1. The van der Waals surface area contributed by atoms with Gasteiger partial charge in [0, 0.05) is 37.1 Å². The van der Waals surface area contributed by atoms with Crippen molar-refractivity contribution in [1.29, 1.82) is 0 Å². The maximum atomic E-state index is 5.35. The van der Waals surface area contributed by atoms with Gasteiger partial charge >= 0.3 is 0 Å². The molecular weight excluding hydrogens is 334 g/mol. The van der Waals surface area contributed by atoms with Crippen molar-refractivity contribution in [3.8, 4) is 17.1 Å². The van der Waals surface area contributed by atoms with Crippen LogP contribution in [0, 0.1) is 12.8 Å². The Morgan fingerprint density at radius 3 is 2.78 bits per heavy atom. The SMILES string of the molecule is COc1cccc(CN2CCC(Cn3c(C)cnc3-c3ccccc3)C2)c1. The molecule has 0 aliphatic carbocycles. The fourth-order valence-corrected chi connectivity index (χ4v) is 4.00. The molecule has 27 heavy (non-hydrogen) atoms. The average Bonchev–Trinajstić information content (AvgIpc) is 3.30. The largest absolute Gasteiger partial charge is 0.497 e. The molecule has 1 atom stereocenters. The minimum Gasteiger partial charge on any atom is -0.497 e. The summed E-state index contributed by atoms with van der Waals surface area (Å²) in [5.74, 6) is 2.68. The van der Waals surface area contributed by atoms with Gasteiger partial charge in [-0.05, 0) is 43.5 Å². The van der Waals surface area contributed by atoms with E-state index in [-0.39, 0.29) is 0 Å². The van der Waals surface area contributed by atoms with Gasteiger partial charge in [-0.2, -0.15) is 0 Å². The van der Waals surface area contributed by atoms with Crippen LogP contribution in [-0.2, 0) is 13.1 Å². The van der Waals surface area contributed by atoms with Gasteiger partial charge in [0.2, 0.25) is 0 Å². The second-order valence-electron chi connectivity index (χ2n) is 7.44. The van der Waals surface area contributed by atoms with E-state index in [1.807, 2.05) is 12.3 Å². The third-order valence-electron chi connectivity index (χ3n) is 5.44. The Hall–Kier alpha value is -2.59. The molecule has 3 aromatic rings. The summed E-state index contributed by atoms with van der Waals surface area (Å²) in [7, 11) is 1.72. The van der Waals surface area contributed by atoms with Crippen LogP contribution in [0.1, 0.15) is 17.7 Å². The molecule has 4 rings (SSSR count). The van der Waals surface area contributed by atoms with Crippen molar-refractivity contribution in [2.75, 3.05) is 20.2 Å². The van der Waals surface area contributed by atoms with Gasteiger partial charge in [-0.1, -0.05) is 42.5 Å². The van der Waals surface area contributed by atoms with Gasteiger partial charge in [0.05, 0.1) is 7.11 Å². The Labute approximate surface area is 161 Å². The molecule has 2 heterocycles. The van der Waals surface area contributed by atoms with Crippen molar-refractivity contribution < 1.29 is 4.74 Å². The highest BCUT2D eigenvalue weighted by atomic mass is 16.5. The summed E-state index contributed by atoms with van der Waals surface area (Å²) in [5, 5.41) is 0. The van der Waals surface area contributed by atoms with Crippen molar-refractivity contribution >= 4 is 0 Å². The fraction of sp³-hybridized carbons (Fsp3) is 0.348. The summed E-state index contributed by atoms with van der Waals surface area (Å²) < 4.78 is 7.73. The van der Waals surface area contributed by atoms with E-state index < -0.39 is 0 Å². The zero-order valence-corrected chi connectivity index (χ0v) is 16.1. The molecule has 0 N–H and O–H groups in total. The van der Waals surface area contributed by atoms with E-state index in [2.05, 4.69) is 69.9 Å². The van der Waals surface area contributed by atoms with E-state index in [0.717, 1.165) is 37.8 Å². The normalized spacial score (nSPS) is 17.3. The second-order valence-corrected chi connectivity index (χ2v) is 7.44. The number of hydrogen-bond acceptors (Lipinski definition) is 3. The molecule has 1 aromatic heterocycles. The molecule has 1 aliphatic rings. The third-order valence-corrected chi connectivity index (χ3v) is 5.44. The number of nitrogens with zero attached hydrogens (tertiary/aromatic N) is 3. The standard InChI is InChI=1S/C23H27N3O/c1-18-14-24-23(21-8-4-3-5-9-21)26(18)17-20-11-12-25(16-20)15-19-7-6-10-22(13-19)27-2/h3-10,13-14,20H,11-12,15-17H2,1-2H3. The molecule has 140 valence electrons. The molecule has 4 nitrogen and oxygen atoms in total. The van der Waals surface area contributed by atoms with Gasteiger partial charge in [0.25, 0.3) is 0 Å². The van der Waals surface area contributed by atoms with Crippen molar-refractivity contribution in [1.82, 2.24) is 14.5 Å². The van der Waals surface area contributed by atoms with Gasteiger partial charge in [-0.15, -0.1) is 0 Å². The highest BCUT2D eigenvalue weighted by molar-refractivity contribution is 5.55. The van der Waals surface area contributed by atoms with Crippen molar-refractivity contribution in [2.45, 2.75) is 26.4 Å². The Morgan fingerprint density at radius 1 is 1.11 bits per heavy atom. The molecule has 0 amide bonds. The monoisotopic (exact) mass is 361 g/mol. The lowest BCUT2D eigenvalue weighted by atomic mass is 10.1. The van der Waals surface area contributed by atoms with E-state index in [1.54, 1.807) is 7.11 Å². The van der Waals surface area contributed by atoms with Gasteiger partial charge < -0.3 is 9.30 Å². The van der Waals surface area contributed by atoms with Crippen LogP contribution in [0.2, 0.25) is 0 Å². The fourth-order valence-electron chi connectivity index (χ4n) is 4.00. The van der Waals surface area contributed by atoms with Gasteiger partial charge in [0.15, 0.2) is 0 Å². The van der Waals surface area contributed by atoms with Crippen LogP contribution in [0.15, 0.2) is 60.8 Å². The highest BCUT2D eigenvalue weighted by Gasteiger charge is 2.24. The lowest BCUT2D eigenvalue weighted by Crippen LogP contribution is -2.22. The second kappa shape index (κ2) is 7.97. The molecule has 4 heteroatoms. The van der Waals surface area contributed by atoms with E-state index >= 15 is 0 Å². The van der Waals surface area contributed by atoms with Crippen LogP contribution < -0.4 is 4.74 Å². The van der Waals surface area contributed by atoms with Crippen molar-refractivity contribution in [3.63, 3.8) is 0 Å². The zero-order chi connectivity index (χ0) is 18.6. The number of rotatable bonds is 6. The number of aromatic nitrogens is 2. The first-order valence-electron chi connectivity index (χ1n) is 9.66. The number of imidazole rings is 1. The highest BCUT2D eigenvalue weighted by Crippen LogP contribution is 2.25. The molecule has 0 bridgehead atoms.